The molecule has 1 unspecified atom stereocenters. The van der Waals surface area contributed by atoms with Gasteiger partial charge in [-0.15, -0.1) is 0 Å². The first kappa shape index (κ1) is 12.9. The third-order valence-corrected chi connectivity index (χ3v) is 3.62. The Hall–Kier alpha value is -1.58. The van der Waals surface area contributed by atoms with Gasteiger partial charge in [-0.2, -0.15) is 0 Å². The zero-order valence-corrected chi connectivity index (χ0v) is 11.3. The van der Waals surface area contributed by atoms with Gasteiger partial charge in [-0.3, -0.25) is 4.79 Å². The highest BCUT2D eigenvalue weighted by atomic mass is 16.2. The van der Waals surface area contributed by atoms with Gasteiger partial charge in [-0.25, -0.2) is 4.98 Å². The first-order chi connectivity index (χ1) is 8.36. The largest absolute Gasteiger partial charge is 0.384 e. The van der Waals surface area contributed by atoms with Crippen molar-refractivity contribution < 1.29 is 4.79 Å². The normalized spacial score (nSPS) is 20.5. The lowest BCUT2D eigenvalue weighted by molar-refractivity contribution is -0.128. The fraction of sp³-hybridized carbons (Fsp3) is 0.571. The van der Waals surface area contributed by atoms with E-state index in [1.165, 1.54) is 0 Å². The number of rotatable bonds is 2. The molecule has 0 spiro atoms. The third kappa shape index (κ3) is 2.81. The summed E-state index contributed by atoms with van der Waals surface area (Å²) in [4.78, 5) is 18.1. The molecular formula is C14H21N3O. The number of nitrogens with two attached hydrogens (primary N) is 1. The summed E-state index contributed by atoms with van der Waals surface area (Å²) < 4.78 is 0. The lowest BCUT2D eigenvalue weighted by Crippen LogP contribution is -2.27. The van der Waals surface area contributed by atoms with E-state index in [1.54, 1.807) is 6.07 Å². The Kier molecular flexibility index (Phi) is 3.28. The van der Waals surface area contributed by atoms with Crippen molar-refractivity contribution in [3.8, 4) is 0 Å². The zero-order valence-electron chi connectivity index (χ0n) is 11.3. The number of anilines is 1. The van der Waals surface area contributed by atoms with Crippen LogP contribution in [0, 0.1) is 11.3 Å². The van der Waals surface area contributed by atoms with E-state index in [9.17, 15) is 4.79 Å². The van der Waals surface area contributed by atoms with Crippen LogP contribution in [0.15, 0.2) is 18.2 Å². The minimum atomic E-state index is 0.174. The summed E-state index contributed by atoms with van der Waals surface area (Å²) in [5.74, 6) is 1.15. The zero-order chi connectivity index (χ0) is 13.3. The molecule has 1 atom stereocenters. The summed E-state index contributed by atoms with van der Waals surface area (Å²) in [5, 5.41) is 0. The summed E-state index contributed by atoms with van der Waals surface area (Å²) in [7, 11) is 0. The first-order valence-corrected chi connectivity index (χ1v) is 6.35. The molecule has 1 aromatic heterocycles. The number of carbonyl (C=O) groups is 1. The van der Waals surface area contributed by atoms with E-state index in [4.69, 9.17) is 5.73 Å². The smallest absolute Gasteiger partial charge is 0.223 e. The second-order valence-electron chi connectivity index (χ2n) is 6.10. The van der Waals surface area contributed by atoms with Crippen LogP contribution in [0.5, 0.6) is 0 Å². The van der Waals surface area contributed by atoms with Crippen molar-refractivity contribution in [2.24, 2.45) is 11.3 Å². The van der Waals surface area contributed by atoms with Crippen LogP contribution in [-0.4, -0.2) is 22.3 Å². The number of likely N-dealkylation sites (tertiary alicyclic amines) is 1. The molecule has 0 saturated carbocycles. The van der Waals surface area contributed by atoms with E-state index in [0.717, 1.165) is 12.2 Å². The molecule has 2 N–H and O–H groups in total. The maximum absolute atomic E-state index is 12.0. The third-order valence-electron chi connectivity index (χ3n) is 3.62. The standard InChI is InChI=1S/C14H21N3O/c1-14(2,3)10-7-13(18)17(8-10)9-11-5-4-6-12(15)16-11/h4-6,10H,7-9H2,1-3H3,(H2,15,16). The van der Waals surface area contributed by atoms with Crippen molar-refractivity contribution in [2.45, 2.75) is 33.7 Å². The highest BCUT2D eigenvalue weighted by molar-refractivity contribution is 5.78. The number of amides is 1. The summed E-state index contributed by atoms with van der Waals surface area (Å²) >= 11 is 0. The van der Waals surface area contributed by atoms with Crippen LogP contribution in [0.1, 0.15) is 32.9 Å². The van der Waals surface area contributed by atoms with Crippen LogP contribution in [0.25, 0.3) is 0 Å². The summed E-state index contributed by atoms with van der Waals surface area (Å²) in [6.45, 7) is 7.95. The number of nitrogens with zero attached hydrogens (tertiary/aromatic N) is 2. The number of nitrogen functional groups attached to an aromatic ring is 1. The Bertz CT molecular complexity index is 451. The van der Waals surface area contributed by atoms with Crippen LogP contribution >= 0.6 is 0 Å². The van der Waals surface area contributed by atoms with Gasteiger partial charge in [0.25, 0.3) is 0 Å². The molecule has 1 saturated heterocycles. The second-order valence-corrected chi connectivity index (χ2v) is 6.10. The number of pyridine rings is 1. The molecule has 4 heteroatoms. The SMILES string of the molecule is CC(C)(C)C1CC(=O)N(Cc2cccc(N)n2)C1. The number of hydrogen-bond donors (Lipinski definition) is 1. The Morgan fingerprint density at radius 1 is 1.44 bits per heavy atom. The molecule has 18 heavy (non-hydrogen) atoms. The van der Waals surface area contributed by atoms with Gasteiger partial charge in [0.2, 0.25) is 5.91 Å². The van der Waals surface area contributed by atoms with Crippen LogP contribution in [-0.2, 0) is 11.3 Å². The molecule has 0 bridgehead atoms. The van der Waals surface area contributed by atoms with E-state index in [0.29, 0.717) is 24.7 Å². The van der Waals surface area contributed by atoms with Crippen molar-refractivity contribution in [3.63, 3.8) is 0 Å². The van der Waals surface area contributed by atoms with E-state index in [-0.39, 0.29) is 11.3 Å². The predicted octanol–water partition coefficient (Wildman–Crippen LogP) is 2.06. The maximum atomic E-state index is 12.0. The molecule has 0 radical (unpaired) electrons. The monoisotopic (exact) mass is 247 g/mol. The minimum absolute atomic E-state index is 0.174. The Morgan fingerprint density at radius 2 is 2.17 bits per heavy atom. The molecule has 0 aromatic carbocycles. The molecule has 4 nitrogen and oxygen atoms in total. The van der Waals surface area contributed by atoms with Gasteiger partial charge in [-0.1, -0.05) is 26.8 Å². The van der Waals surface area contributed by atoms with E-state index < -0.39 is 0 Å². The second kappa shape index (κ2) is 4.59. The maximum Gasteiger partial charge on any atom is 0.223 e. The van der Waals surface area contributed by atoms with Gasteiger partial charge >= 0.3 is 0 Å². The van der Waals surface area contributed by atoms with E-state index >= 15 is 0 Å². The Morgan fingerprint density at radius 3 is 2.72 bits per heavy atom. The van der Waals surface area contributed by atoms with E-state index in [1.807, 2.05) is 17.0 Å². The molecule has 1 aromatic rings. The molecule has 0 aliphatic carbocycles. The molecule has 1 aliphatic heterocycles. The van der Waals surface area contributed by atoms with Gasteiger partial charge in [0.1, 0.15) is 5.82 Å². The van der Waals surface area contributed by atoms with Crippen LogP contribution in [0.2, 0.25) is 0 Å². The predicted molar refractivity (Wildman–Crippen MR) is 71.6 cm³/mol. The van der Waals surface area contributed by atoms with Crippen LogP contribution in [0.4, 0.5) is 5.82 Å². The van der Waals surface area contributed by atoms with E-state index in [2.05, 4.69) is 25.8 Å². The molecule has 1 fully saturated rings. The van der Waals surface area contributed by atoms with Crippen LogP contribution < -0.4 is 5.73 Å². The number of aromatic nitrogens is 1. The average Bonchev–Trinajstić information content (AvgIpc) is 2.60. The lowest BCUT2D eigenvalue weighted by atomic mass is 9.80. The first-order valence-electron chi connectivity index (χ1n) is 6.35. The fourth-order valence-electron chi connectivity index (χ4n) is 2.29. The molecular weight excluding hydrogens is 226 g/mol. The number of hydrogen-bond acceptors (Lipinski definition) is 3. The van der Waals surface area contributed by atoms with Crippen molar-refractivity contribution in [1.82, 2.24) is 9.88 Å². The van der Waals surface area contributed by atoms with Gasteiger partial charge in [-0.05, 0) is 23.5 Å². The number of carbonyl (C=O) groups excluding carboxylic acids is 1. The quantitative estimate of drug-likeness (QED) is 0.870. The van der Waals surface area contributed by atoms with Gasteiger partial charge in [0.05, 0.1) is 12.2 Å². The van der Waals surface area contributed by atoms with Crippen molar-refractivity contribution in [1.29, 1.82) is 0 Å². The lowest BCUT2D eigenvalue weighted by Gasteiger charge is -2.26. The van der Waals surface area contributed by atoms with Crippen molar-refractivity contribution >= 4 is 11.7 Å². The highest BCUT2D eigenvalue weighted by Crippen LogP contribution is 2.34. The average molecular weight is 247 g/mol. The summed E-state index contributed by atoms with van der Waals surface area (Å²) in [6.07, 6.45) is 0.645. The minimum Gasteiger partial charge on any atom is -0.384 e. The van der Waals surface area contributed by atoms with Crippen LogP contribution in [0.3, 0.4) is 0 Å². The molecule has 1 aliphatic rings. The Balaban J connectivity index is 2.05. The topological polar surface area (TPSA) is 59.2 Å². The van der Waals surface area contributed by atoms with Gasteiger partial charge < -0.3 is 10.6 Å². The van der Waals surface area contributed by atoms with Crippen molar-refractivity contribution in [2.75, 3.05) is 12.3 Å². The summed E-state index contributed by atoms with van der Waals surface area (Å²) in [6, 6.07) is 5.54. The van der Waals surface area contributed by atoms with Crippen molar-refractivity contribution in [3.05, 3.63) is 23.9 Å². The molecule has 1 amide bonds. The molecule has 2 heterocycles. The summed E-state index contributed by atoms with van der Waals surface area (Å²) in [5.41, 5.74) is 6.68. The van der Waals surface area contributed by atoms with Gasteiger partial charge in [0.15, 0.2) is 0 Å². The fourth-order valence-corrected chi connectivity index (χ4v) is 2.29. The molecule has 98 valence electrons. The molecule has 2 rings (SSSR count). The van der Waals surface area contributed by atoms with Gasteiger partial charge in [0, 0.05) is 13.0 Å². The Labute approximate surface area is 108 Å². The highest BCUT2D eigenvalue weighted by Gasteiger charge is 2.36.